The van der Waals surface area contributed by atoms with E-state index in [0.717, 1.165) is 11.1 Å². The molecule has 0 bridgehead atoms. The number of carbonyl (C=O) groups is 2. The Morgan fingerprint density at radius 3 is 2.14 bits per heavy atom. The molecule has 1 heterocycles. The molecular formula is C22H24N2O4. The minimum Gasteiger partial charge on any atom is -0.497 e. The quantitative estimate of drug-likeness (QED) is 0.780. The molecule has 1 aliphatic heterocycles. The first kappa shape index (κ1) is 19.6. The van der Waals surface area contributed by atoms with Crippen molar-refractivity contribution in [2.75, 3.05) is 32.2 Å². The first-order valence-electron chi connectivity index (χ1n) is 9.05. The van der Waals surface area contributed by atoms with Crippen LogP contribution < -0.4 is 9.64 Å². The van der Waals surface area contributed by atoms with Crippen LogP contribution in [0.5, 0.6) is 5.75 Å². The normalized spacial score (nSPS) is 14.1. The van der Waals surface area contributed by atoms with E-state index in [0.29, 0.717) is 22.6 Å². The molecule has 1 aliphatic rings. The molecule has 2 aromatic carbocycles. The van der Waals surface area contributed by atoms with E-state index in [-0.39, 0.29) is 24.8 Å². The van der Waals surface area contributed by atoms with Crippen molar-refractivity contribution in [3.63, 3.8) is 0 Å². The fourth-order valence-corrected chi connectivity index (χ4v) is 3.47. The third kappa shape index (κ3) is 3.51. The van der Waals surface area contributed by atoms with E-state index in [1.807, 2.05) is 32.0 Å². The van der Waals surface area contributed by atoms with Crippen LogP contribution >= 0.6 is 0 Å². The molecule has 6 nitrogen and oxygen atoms in total. The summed E-state index contributed by atoms with van der Waals surface area (Å²) in [5, 5.41) is 9.34. The number of imide groups is 1. The fourth-order valence-electron chi connectivity index (χ4n) is 3.47. The summed E-state index contributed by atoms with van der Waals surface area (Å²) < 4.78 is 5.19. The van der Waals surface area contributed by atoms with Gasteiger partial charge in [0.25, 0.3) is 11.8 Å². The van der Waals surface area contributed by atoms with Crippen molar-refractivity contribution < 1.29 is 19.4 Å². The smallest absolute Gasteiger partial charge is 0.282 e. The SMILES string of the molecule is COc1ccc(C2=C(N(C)CCO)C(=O)N(c3cc(C)cc(C)c3)C2=O)cc1. The zero-order chi connectivity index (χ0) is 20.4. The van der Waals surface area contributed by atoms with Crippen LogP contribution in [0.25, 0.3) is 5.57 Å². The Labute approximate surface area is 164 Å². The standard InChI is InChI=1S/C22H24N2O4/c1-14-11-15(2)13-17(12-14)24-21(26)19(16-5-7-18(28-4)8-6-16)20(22(24)27)23(3)9-10-25/h5-8,11-13,25H,9-10H2,1-4H3. The second-order valence-corrected chi connectivity index (χ2v) is 6.89. The van der Waals surface area contributed by atoms with Crippen molar-refractivity contribution in [2.45, 2.75) is 13.8 Å². The molecule has 3 rings (SSSR count). The monoisotopic (exact) mass is 380 g/mol. The van der Waals surface area contributed by atoms with Crippen molar-refractivity contribution >= 4 is 23.1 Å². The third-order valence-electron chi connectivity index (χ3n) is 4.72. The van der Waals surface area contributed by atoms with Gasteiger partial charge in [0.2, 0.25) is 0 Å². The highest BCUT2D eigenvalue weighted by atomic mass is 16.5. The molecule has 6 heteroatoms. The number of aliphatic hydroxyl groups is 1. The summed E-state index contributed by atoms with van der Waals surface area (Å²) in [6.07, 6.45) is 0. The Hall–Kier alpha value is -3.12. The molecule has 0 radical (unpaired) electrons. The lowest BCUT2D eigenvalue weighted by molar-refractivity contribution is -0.120. The Morgan fingerprint density at radius 1 is 1.00 bits per heavy atom. The number of hydrogen-bond acceptors (Lipinski definition) is 5. The predicted octanol–water partition coefficient (Wildman–Crippen LogP) is 2.52. The Kier molecular flexibility index (Phi) is 5.51. The fraction of sp³-hybridized carbons (Fsp3) is 0.273. The summed E-state index contributed by atoms with van der Waals surface area (Å²) in [6.45, 7) is 3.98. The Balaban J connectivity index is 2.13. The summed E-state index contributed by atoms with van der Waals surface area (Å²) in [6, 6.07) is 12.7. The van der Waals surface area contributed by atoms with Crippen LogP contribution in [0.4, 0.5) is 5.69 Å². The van der Waals surface area contributed by atoms with Crippen molar-refractivity contribution in [1.29, 1.82) is 0 Å². The molecule has 0 aromatic heterocycles. The van der Waals surface area contributed by atoms with Crippen LogP contribution in [-0.2, 0) is 9.59 Å². The number of benzene rings is 2. The molecule has 0 spiro atoms. The Morgan fingerprint density at radius 2 is 1.61 bits per heavy atom. The van der Waals surface area contributed by atoms with Gasteiger partial charge in [-0.05, 0) is 54.8 Å². The van der Waals surface area contributed by atoms with Gasteiger partial charge in [0.1, 0.15) is 11.4 Å². The first-order chi connectivity index (χ1) is 13.4. The van der Waals surface area contributed by atoms with Gasteiger partial charge in [0.05, 0.1) is 25.0 Å². The summed E-state index contributed by atoms with van der Waals surface area (Å²) in [5.74, 6) is -0.103. The number of anilines is 1. The van der Waals surface area contributed by atoms with Crippen LogP contribution in [0.15, 0.2) is 48.2 Å². The topological polar surface area (TPSA) is 70.1 Å². The maximum absolute atomic E-state index is 13.3. The van der Waals surface area contributed by atoms with Crippen molar-refractivity contribution in [2.24, 2.45) is 0 Å². The summed E-state index contributed by atoms with van der Waals surface area (Å²) in [5.41, 5.74) is 3.72. The summed E-state index contributed by atoms with van der Waals surface area (Å²) in [7, 11) is 3.27. The van der Waals surface area contributed by atoms with E-state index in [1.165, 1.54) is 4.90 Å². The highest BCUT2D eigenvalue weighted by molar-refractivity contribution is 6.45. The lowest BCUT2D eigenvalue weighted by atomic mass is 10.0. The summed E-state index contributed by atoms with van der Waals surface area (Å²) in [4.78, 5) is 29.4. The van der Waals surface area contributed by atoms with Crippen molar-refractivity contribution in [3.8, 4) is 5.75 Å². The summed E-state index contributed by atoms with van der Waals surface area (Å²) >= 11 is 0. The van der Waals surface area contributed by atoms with E-state index in [2.05, 4.69) is 0 Å². The number of nitrogens with zero attached hydrogens (tertiary/aromatic N) is 2. The predicted molar refractivity (Wildman–Crippen MR) is 108 cm³/mol. The number of aliphatic hydroxyl groups excluding tert-OH is 1. The third-order valence-corrected chi connectivity index (χ3v) is 4.72. The van der Waals surface area contributed by atoms with Gasteiger partial charge >= 0.3 is 0 Å². The molecule has 0 aliphatic carbocycles. The molecule has 2 aromatic rings. The number of amides is 2. The maximum atomic E-state index is 13.3. The second kappa shape index (κ2) is 7.86. The number of rotatable bonds is 6. The van der Waals surface area contributed by atoms with Gasteiger partial charge in [-0.25, -0.2) is 4.90 Å². The van der Waals surface area contributed by atoms with Crippen molar-refractivity contribution in [3.05, 3.63) is 64.9 Å². The van der Waals surface area contributed by atoms with Gasteiger partial charge in [-0.2, -0.15) is 0 Å². The molecule has 0 unspecified atom stereocenters. The number of methoxy groups -OCH3 is 1. The lowest BCUT2D eigenvalue weighted by Crippen LogP contribution is -2.35. The highest BCUT2D eigenvalue weighted by Crippen LogP contribution is 2.35. The van der Waals surface area contributed by atoms with E-state index in [9.17, 15) is 14.7 Å². The number of carbonyl (C=O) groups excluding carboxylic acids is 2. The number of likely N-dealkylation sites (N-methyl/N-ethyl adjacent to an activating group) is 1. The average Bonchev–Trinajstić information content (AvgIpc) is 2.91. The molecule has 146 valence electrons. The van der Waals surface area contributed by atoms with Gasteiger partial charge in [-0.3, -0.25) is 9.59 Å². The largest absolute Gasteiger partial charge is 0.497 e. The molecule has 28 heavy (non-hydrogen) atoms. The zero-order valence-corrected chi connectivity index (χ0v) is 16.5. The highest BCUT2D eigenvalue weighted by Gasteiger charge is 2.41. The van der Waals surface area contributed by atoms with Gasteiger partial charge in [-0.1, -0.05) is 18.2 Å². The minimum atomic E-state index is -0.392. The van der Waals surface area contributed by atoms with Crippen molar-refractivity contribution in [1.82, 2.24) is 4.90 Å². The number of hydrogen-bond donors (Lipinski definition) is 1. The van der Waals surface area contributed by atoms with E-state index in [1.54, 1.807) is 43.3 Å². The van der Waals surface area contributed by atoms with E-state index >= 15 is 0 Å². The molecule has 2 amide bonds. The Bertz CT molecular complexity index is 927. The molecule has 1 N–H and O–H groups in total. The van der Waals surface area contributed by atoms with Crippen LogP contribution in [0.2, 0.25) is 0 Å². The second-order valence-electron chi connectivity index (χ2n) is 6.89. The van der Waals surface area contributed by atoms with E-state index < -0.39 is 5.91 Å². The van der Waals surface area contributed by atoms with Crippen LogP contribution in [0.3, 0.4) is 0 Å². The van der Waals surface area contributed by atoms with Gasteiger partial charge in [-0.15, -0.1) is 0 Å². The molecule has 0 atom stereocenters. The van der Waals surface area contributed by atoms with Crippen LogP contribution in [0.1, 0.15) is 16.7 Å². The number of ether oxygens (including phenoxy) is 1. The molecule has 0 saturated heterocycles. The van der Waals surface area contributed by atoms with E-state index in [4.69, 9.17) is 4.74 Å². The minimum absolute atomic E-state index is 0.124. The van der Waals surface area contributed by atoms with Gasteiger partial charge < -0.3 is 14.7 Å². The van der Waals surface area contributed by atoms with Gasteiger partial charge in [0.15, 0.2) is 0 Å². The first-order valence-corrected chi connectivity index (χ1v) is 9.05. The van der Waals surface area contributed by atoms with Crippen LogP contribution in [0, 0.1) is 13.8 Å². The molecule has 0 saturated carbocycles. The average molecular weight is 380 g/mol. The van der Waals surface area contributed by atoms with Crippen LogP contribution in [-0.4, -0.2) is 49.1 Å². The van der Waals surface area contributed by atoms with Gasteiger partial charge in [0, 0.05) is 13.6 Å². The number of aryl methyl sites for hydroxylation is 2. The zero-order valence-electron chi connectivity index (χ0n) is 16.5. The molecule has 0 fully saturated rings. The lowest BCUT2D eigenvalue weighted by Gasteiger charge is -2.21. The molecular weight excluding hydrogens is 356 g/mol. The maximum Gasteiger partial charge on any atom is 0.282 e.